The van der Waals surface area contributed by atoms with E-state index in [1.807, 2.05) is 13.8 Å². The number of aliphatic imine (C=N–C) groups is 1. The Morgan fingerprint density at radius 1 is 1.47 bits per heavy atom. The Kier molecular flexibility index (Phi) is 2.93. The number of carbonyl (C=O) groups is 1. The van der Waals surface area contributed by atoms with E-state index in [1.54, 1.807) is 0 Å². The average Bonchev–Trinajstić information content (AvgIpc) is 2.92. The first-order chi connectivity index (χ1) is 8.84. The zero-order valence-electron chi connectivity index (χ0n) is 11.1. The summed E-state index contributed by atoms with van der Waals surface area (Å²) in [5.74, 6) is -3.04. The van der Waals surface area contributed by atoms with Gasteiger partial charge in [-0.25, -0.2) is 8.78 Å². The number of halogens is 2. The zero-order valence-corrected chi connectivity index (χ0v) is 11.9. The summed E-state index contributed by atoms with van der Waals surface area (Å²) in [5.41, 5.74) is 0. The number of hydrogen-bond donors (Lipinski definition) is 1. The third-order valence-electron chi connectivity index (χ3n) is 4.77. The minimum Gasteiger partial charge on any atom is -0.304 e. The highest BCUT2D eigenvalue weighted by Crippen LogP contribution is 2.54. The van der Waals surface area contributed by atoms with Crippen LogP contribution >= 0.6 is 11.8 Å². The number of fused-ring (bicyclic) bond motifs is 2. The lowest BCUT2D eigenvalue weighted by atomic mass is 9.93. The third-order valence-corrected chi connectivity index (χ3v) is 6.09. The van der Waals surface area contributed by atoms with E-state index in [0.29, 0.717) is 18.0 Å². The lowest BCUT2D eigenvalue weighted by Gasteiger charge is -2.25. The van der Waals surface area contributed by atoms with Gasteiger partial charge in [0.2, 0.25) is 5.91 Å². The molecule has 2 aliphatic carbocycles. The van der Waals surface area contributed by atoms with E-state index in [-0.39, 0.29) is 24.3 Å². The van der Waals surface area contributed by atoms with E-state index in [0.717, 1.165) is 6.42 Å². The molecule has 3 rings (SSSR count). The van der Waals surface area contributed by atoms with Gasteiger partial charge in [-0.3, -0.25) is 9.79 Å². The molecule has 1 saturated heterocycles. The smallest absolute Gasteiger partial charge is 0.251 e. The predicted octanol–water partition coefficient (Wildman–Crippen LogP) is 2.81. The first kappa shape index (κ1) is 13.3. The molecule has 4 atom stereocenters. The van der Waals surface area contributed by atoms with E-state index in [1.165, 1.54) is 11.8 Å². The summed E-state index contributed by atoms with van der Waals surface area (Å²) in [4.78, 5) is 16.4. The number of alkyl halides is 2. The second-order valence-electron chi connectivity index (χ2n) is 6.04. The molecule has 0 aromatic heterocycles. The molecule has 106 valence electrons. The van der Waals surface area contributed by atoms with Crippen molar-refractivity contribution in [1.29, 1.82) is 0 Å². The predicted molar refractivity (Wildman–Crippen MR) is 71.4 cm³/mol. The molecule has 1 amide bonds. The summed E-state index contributed by atoms with van der Waals surface area (Å²) >= 11 is 1.44. The van der Waals surface area contributed by atoms with Gasteiger partial charge in [-0.1, -0.05) is 18.7 Å². The van der Waals surface area contributed by atoms with Crippen molar-refractivity contribution < 1.29 is 13.6 Å². The molecule has 1 heterocycles. The van der Waals surface area contributed by atoms with Crippen LogP contribution in [0.25, 0.3) is 0 Å². The Balaban J connectivity index is 1.71. The Hall–Kier alpha value is -0.650. The van der Waals surface area contributed by atoms with E-state index in [9.17, 15) is 13.6 Å². The molecule has 0 aromatic carbocycles. The van der Waals surface area contributed by atoms with Crippen molar-refractivity contribution in [2.75, 3.05) is 0 Å². The Labute approximate surface area is 115 Å². The molecule has 2 bridgehead atoms. The molecule has 0 spiro atoms. The minimum absolute atomic E-state index is 0.0153. The van der Waals surface area contributed by atoms with Crippen LogP contribution in [0.15, 0.2) is 4.99 Å². The maximum Gasteiger partial charge on any atom is 0.251 e. The van der Waals surface area contributed by atoms with Crippen LogP contribution in [0.3, 0.4) is 0 Å². The van der Waals surface area contributed by atoms with Crippen LogP contribution in [0.5, 0.6) is 0 Å². The van der Waals surface area contributed by atoms with E-state index in [2.05, 4.69) is 10.3 Å². The molecule has 3 aliphatic rings. The highest BCUT2D eigenvalue weighted by Gasteiger charge is 2.57. The topological polar surface area (TPSA) is 41.5 Å². The fraction of sp³-hybridized carbons (Fsp3) is 0.846. The molecule has 6 heteroatoms. The van der Waals surface area contributed by atoms with Crippen molar-refractivity contribution in [2.45, 2.75) is 56.2 Å². The number of amides is 1. The molecular formula is C13H18F2N2OS. The average molecular weight is 288 g/mol. The van der Waals surface area contributed by atoms with Crippen molar-refractivity contribution in [3.8, 4) is 0 Å². The van der Waals surface area contributed by atoms with Crippen molar-refractivity contribution in [2.24, 2.45) is 16.8 Å². The molecule has 0 unspecified atom stereocenters. The highest BCUT2D eigenvalue weighted by atomic mass is 32.2. The quantitative estimate of drug-likeness (QED) is 0.849. The van der Waals surface area contributed by atoms with E-state index >= 15 is 0 Å². The van der Waals surface area contributed by atoms with E-state index < -0.39 is 16.6 Å². The Bertz CT molecular complexity index is 454. The van der Waals surface area contributed by atoms with Crippen LogP contribution in [0.1, 0.15) is 39.5 Å². The number of carbonyl (C=O) groups excluding carboxylic acids is 1. The summed E-state index contributed by atoms with van der Waals surface area (Å²) < 4.78 is 26.4. The molecule has 1 N–H and O–H groups in total. The van der Waals surface area contributed by atoms with Gasteiger partial charge in [0.25, 0.3) is 5.92 Å². The summed E-state index contributed by atoms with van der Waals surface area (Å²) in [5, 5.41) is 3.41. The van der Waals surface area contributed by atoms with Crippen LogP contribution in [-0.4, -0.2) is 27.8 Å². The minimum atomic E-state index is -2.49. The first-order valence-electron chi connectivity index (χ1n) is 6.80. The first-order valence-corrected chi connectivity index (χ1v) is 7.62. The largest absolute Gasteiger partial charge is 0.304 e. The van der Waals surface area contributed by atoms with Gasteiger partial charge in [-0.15, -0.1) is 0 Å². The fourth-order valence-corrected chi connectivity index (χ4v) is 4.34. The van der Waals surface area contributed by atoms with Gasteiger partial charge >= 0.3 is 0 Å². The monoisotopic (exact) mass is 288 g/mol. The summed E-state index contributed by atoms with van der Waals surface area (Å²) in [6.07, 6.45) is 1.73. The maximum absolute atomic E-state index is 13.4. The van der Waals surface area contributed by atoms with Gasteiger partial charge in [0.15, 0.2) is 5.17 Å². The highest BCUT2D eigenvalue weighted by molar-refractivity contribution is 8.16. The van der Waals surface area contributed by atoms with Gasteiger partial charge in [0.1, 0.15) is 0 Å². The van der Waals surface area contributed by atoms with Crippen molar-refractivity contribution in [1.82, 2.24) is 5.32 Å². The summed E-state index contributed by atoms with van der Waals surface area (Å²) in [6.45, 7) is 3.86. The van der Waals surface area contributed by atoms with Gasteiger partial charge in [0.05, 0.1) is 10.8 Å². The molecule has 0 radical (unpaired) electrons. The standard InChI is InChI=1S/C13H18F2N2OS/c1-3-12(2)10(18)17-11(19-12)16-9-5-8-4-7(9)6-13(8,14)15/h7-9H,3-6H2,1-2H3,(H,16,17,18)/t7-,8-,9+,12+/m1/s1. The number of rotatable bonds is 2. The lowest BCUT2D eigenvalue weighted by Crippen LogP contribution is -2.34. The maximum atomic E-state index is 13.4. The number of nitrogens with one attached hydrogen (secondary N) is 1. The van der Waals surface area contributed by atoms with Gasteiger partial charge in [-0.05, 0) is 32.1 Å². The number of thioether (sulfide) groups is 1. The summed E-state index contributed by atoms with van der Waals surface area (Å²) in [7, 11) is 0. The zero-order chi connectivity index (χ0) is 13.8. The second-order valence-corrected chi connectivity index (χ2v) is 7.53. The number of amidine groups is 1. The van der Waals surface area contributed by atoms with Crippen LogP contribution in [0, 0.1) is 11.8 Å². The molecule has 3 fully saturated rings. The molecule has 19 heavy (non-hydrogen) atoms. The Morgan fingerprint density at radius 3 is 2.68 bits per heavy atom. The Morgan fingerprint density at radius 2 is 2.21 bits per heavy atom. The van der Waals surface area contributed by atoms with Crippen molar-refractivity contribution in [3.05, 3.63) is 0 Å². The van der Waals surface area contributed by atoms with Crippen molar-refractivity contribution >= 4 is 22.8 Å². The van der Waals surface area contributed by atoms with Gasteiger partial charge in [0, 0.05) is 12.3 Å². The number of hydrogen-bond acceptors (Lipinski definition) is 3. The van der Waals surface area contributed by atoms with Crippen LogP contribution < -0.4 is 5.32 Å². The fourth-order valence-electron chi connectivity index (χ4n) is 3.30. The summed E-state index contributed by atoms with van der Waals surface area (Å²) in [6, 6.07) is -0.0355. The molecule has 3 nitrogen and oxygen atoms in total. The van der Waals surface area contributed by atoms with Gasteiger partial charge < -0.3 is 5.32 Å². The second kappa shape index (κ2) is 4.17. The van der Waals surface area contributed by atoms with Crippen LogP contribution in [-0.2, 0) is 4.79 Å². The molecular weight excluding hydrogens is 270 g/mol. The molecule has 0 aromatic rings. The van der Waals surface area contributed by atoms with Crippen molar-refractivity contribution in [3.63, 3.8) is 0 Å². The number of nitrogens with zero attached hydrogens (tertiary/aromatic N) is 1. The third kappa shape index (κ3) is 2.08. The normalized spacial score (nSPS) is 46.0. The lowest BCUT2D eigenvalue weighted by molar-refractivity contribution is -0.121. The SMILES string of the molecule is CC[C@]1(C)SC(=N[C@H]2C[C@H]3C[C@@H]2CC3(F)F)NC1=O. The molecule has 1 aliphatic heterocycles. The van der Waals surface area contributed by atoms with Crippen LogP contribution in [0.4, 0.5) is 8.78 Å². The molecule has 2 saturated carbocycles. The van der Waals surface area contributed by atoms with Gasteiger partial charge in [-0.2, -0.15) is 0 Å². The van der Waals surface area contributed by atoms with Crippen LogP contribution in [0.2, 0.25) is 0 Å². The van der Waals surface area contributed by atoms with E-state index in [4.69, 9.17) is 0 Å².